The van der Waals surface area contributed by atoms with E-state index in [4.69, 9.17) is 4.74 Å². The fourth-order valence-corrected chi connectivity index (χ4v) is 2.15. The lowest BCUT2D eigenvalue weighted by Crippen LogP contribution is -2.33. The molecule has 0 aliphatic heterocycles. The molecule has 2 amide bonds. The van der Waals surface area contributed by atoms with Gasteiger partial charge in [-0.25, -0.2) is 13.6 Å². The minimum atomic E-state index is -4.81. The number of hydrogen-bond acceptors (Lipinski definition) is 3. The Morgan fingerprint density at radius 1 is 1.03 bits per heavy atom. The Kier molecular flexibility index (Phi) is 7.30. The van der Waals surface area contributed by atoms with E-state index in [1.165, 1.54) is 26.0 Å². The maximum Gasteiger partial charge on any atom is 0.461 e. The zero-order valence-electron chi connectivity index (χ0n) is 15.6. The molecule has 0 saturated carbocycles. The van der Waals surface area contributed by atoms with Crippen molar-refractivity contribution in [1.29, 1.82) is 0 Å². The van der Waals surface area contributed by atoms with Crippen LogP contribution in [0.5, 0.6) is 5.75 Å². The molecule has 0 spiro atoms. The minimum Gasteiger partial charge on any atom is -0.474 e. The van der Waals surface area contributed by atoms with Crippen LogP contribution in [0.1, 0.15) is 19.4 Å². The number of benzene rings is 2. The molecule has 162 valence electrons. The number of anilines is 1. The number of hydrogen-bond donors (Lipinski definition) is 1. The second kappa shape index (κ2) is 9.51. The first-order valence-corrected chi connectivity index (χ1v) is 8.46. The number of ether oxygens (including phenoxy) is 2. The number of halogens is 6. The molecule has 0 radical (unpaired) electrons. The molecule has 0 atom stereocenters. The van der Waals surface area contributed by atoms with Gasteiger partial charge in [0, 0.05) is 0 Å². The van der Waals surface area contributed by atoms with Crippen LogP contribution in [0.4, 0.5) is 36.8 Å². The van der Waals surface area contributed by atoms with Gasteiger partial charge in [0.25, 0.3) is 0 Å². The number of para-hydroxylation sites is 2. The minimum absolute atomic E-state index is 0.426. The summed E-state index contributed by atoms with van der Waals surface area (Å²) in [6.45, 7) is 3.03. The van der Waals surface area contributed by atoms with E-state index >= 15 is 0 Å². The molecule has 0 unspecified atom stereocenters. The van der Waals surface area contributed by atoms with Gasteiger partial charge in [0.15, 0.2) is 0 Å². The van der Waals surface area contributed by atoms with E-state index in [2.05, 4.69) is 9.73 Å². The maximum atomic E-state index is 14.0. The van der Waals surface area contributed by atoms with Crippen LogP contribution in [0.2, 0.25) is 0 Å². The molecule has 0 aliphatic rings. The molecule has 0 heterocycles. The molecule has 0 aliphatic carbocycles. The summed E-state index contributed by atoms with van der Waals surface area (Å²) >= 11 is 0. The number of aliphatic imine (C=N–C) groups is 1. The van der Waals surface area contributed by atoms with Gasteiger partial charge in [0.1, 0.15) is 22.9 Å². The van der Waals surface area contributed by atoms with Crippen molar-refractivity contribution in [3.63, 3.8) is 0 Å². The van der Waals surface area contributed by atoms with Gasteiger partial charge in [-0.1, -0.05) is 18.2 Å². The molecule has 1 N–H and O–H groups in total. The first-order valence-electron chi connectivity index (χ1n) is 8.46. The lowest BCUT2D eigenvalue weighted by atomic mass is 10.2. The number of nitrogens with one attached hydrogen (secondary N) is 1. The van der Waals surface area contributed by atoms with E-state index < -0.39 is 59.2 Å². The molecule has 11 heteroatoms. The van der Waals surface area contributed by atoms with E-state index in [0.29, 0.717) is 0 Å². The lowest BCUT2D eigenvalue weighted by Gasteiger charge is -2.19. The van der Waals surface area contributed by atoms with Gasteiger partial charge in [0.2, 0.25) is 5.90 Å². The summed E-state index contributed by atoms with van der Waals surface area (Å²) in [5.41, 5.74) is -1.14. The van der Waals surface area contributed by atoms with Crippen LogP contribution in [0, 0.1) is 11.6 Å². The van der Waals surface area contributed by atoms with Crippen molar-refractivity contribution in [3.8, 4) is 5.75 Å². The van der Waals surface area contributed by atoms with Crippen molar-refractivity contribution in [2.24, 2.45) is 4.99 Å². The van der Waals surface area contributed by atoms with Gasteiger partial charge in [-0.3, -0.25) is 0 Å². The summed E-state index contributed by atoms with van der Waals surface area (Å²) in [6.07, 6.45) is -9.56. The van der Waals surface area contributed by atoms with Gasteiger partial charge in [0.05, 0.1) is 11.8 Å². The van der Waals surface area contributed by atoms with Crippen molar-refractivity contribution < 1.29 is 40.6 Å². The molecule has 0 aromatic heterocycles. The van der Waals surface area contributed by atoms with Gasteiger partial charge >= 0.3 is 18.6 Å². The second-order valence-electron chi connectivity index (χ2n) is 6.07. The molecular weight excluding hydrogens is 418 g/mol. The maximum absolute atomic E-state index is 14.0. The number of carbonyl (C=O) groups excluding carboxylic acids is 1. The standard InChI is InChI=1S/C19H16F6N2O3/c1-10(2)29-16(15-11(20)6-5-7-12(15)21)27-18(28)26-13-8-3-4-9-14(13)30-19(24,25)17(22)23/h3-10,17H,1-2H3,(H,26,28)/b27-16-. The third-order valence-corrected chi connectivity index (χ3v) is 3.36. The lowest BCUT2D eigenvalue weighted by molar-refractivity contribution is -0.252. The molecular formula is C19H16F6N2O3. The quantitative estimate of drug-likeness (QED) is 0.366. The predicted octanol–water partition coefficient (Wildman–Crippen LogP) is 5.61. The van der Waals surface area contributed by atoms with Crippen LogP contribution in [-0.2, 0) is 4.74 Å². The van der Waals surface area contributed by atoms with Crippen LogP contribution >= 0.6 is 0 Å². The second-order valence-corrected chi connectivity index (χ2v) is 6.07. The van der Waals surface area contributed by atoms with Crippen LogP contribution in [0.25, 0.3) is 0 Å². The van der Waals surface area contributed by atoms with Crippen LogP contribution in [-0.4, -0.2) is 30.6 Å². The van der Waals surface area contributed by atoms with Crippen molar-refractivity contribution in [1.82, 2.24) is 0 Å². The topological polar surface area (TPSA) is 59.9 Å². The molecule has 2 rings (SSSR count). The molecule has 2 aromatic carbocycles. The number of amides is 2. The number of nitrogens with zero attached hydrogens (tertiary/aromatic N) is 1. The third kappa shape index (κ3) is 5.88. The zero-order chi connectivity index (χ0) is 22.5. The summed E-state index contributed by atoms with van der Waals surface area (Å²) < 4.78 is 88.4. The normalized spacial score (nSPS) is 12.3. The Morgan fingerprint density at radius 2 is 1.63 bits per heavy atom. The predicted molar refractivity (Wildman–Crippen MR) is 96.2 cm³/mol. The van der Waals surface area contributed by atoms with Crippen LogP contribution in [0.15, 0.2) is 47.5 Å². The highest BCUT2D eigenvalue weighted by molar-refractivity contribution is 6.05. The smallest absolute Gasteiger partial charge is 0.461 e. The molecule has 0 bridgehead atoms. The first-order chi connectivity index (χ1) is 14.0. The van der Waals surface area contributed by atoms with Gasteiger partial charge in [-0.05, 0) is 38.1 Å². The fourth-order valence-electron chi connectivity index (χ4n) is 2.15. The van der Waals surface area contributed by atoms with Crippen LogP contribution in [0.3, 0.4) is 0 Å². The Morgan fingerprint density at radius 3 is 2.20 bits per heavy atom. The third-order valence-electron chi connectivity index (χ3n) is 3.36. The molecule has 30 heavy (non-hydrogen) atoms. The van der Waals surface area contributed by atoms with Gasteiger partial charge in [-0.15, -0.1) is 0 Å². The van der Waals surface area contributed by atoms with E-state index in [0.717, 1.165) is 30.3 Å². The molecule has 0 fully saturated rings. The molecule has 5 nitrogen and oxygen atoms in total. The van der Waals surface area contributed by atoms with Crippen molar-refractivity contribution in [2.45, 2.75) is 32.5 Å². The Bertz CT molecular complexity index is 914. The average Bonchev–Trinajstić information content (AvgIpc) is 2.62. The Labute approximate surface area is 167 Å². The van der Waals surface area contributed by atoms with E-state index in [9.17, 15) is 31.1 Å². The van der Waals surface area contributed by atoms with Crippen LogP contribution < -0.4 is 10.1 Å². The summed E-state index contributed by atoms with van der Waals surface area (Å²) in [4.78, 5) is 15.7. The number of rotatable bonds is 6. The SMILES string of the molecule is CC(C)O/C(=N\C(=O)Nc1ccccc1OC(F)(F)C(F)F)c1c(F)cccc1F. The summed E-state index contributed by atoms with van der Waals surface area (Å²) in [6, 6.07) is 6.17. The largest absolute Gasteiger partial charge is 0.474 e. The monoisotopic (exact) mass is 434 g/mol. The van der Waals surface area contributed by atoms with Gasteiger partial charge < -0.3 is 14.8 Å². The molecule has 2 aromatic rings. The number of urea groups is 1. The summed E-state index contributed by atoms with van der Waals surface area (Å²) in [5.74, 6) is -3.57. The first kappa shape index (κ1) is 23.0. The zero-order valence-corrected chi connectivity index (χ0v) is 15.6. The molecule has 0 saturated heterocycles. The highest BCUT2D eigenvalue weighted by atomic mass is 19.3. The summed E-state index contributed by atoms with van der Waals surface area (Å²) in [7, 11) is 0. The Balaban J connectivity index is 2.35. The average molecular weight is 434 g/mol. The fraction of sp³-hybridized carbons (Fsp3) is 0.263. The van der Waals surface area contributed by atoms with Crippen molar-refractivity contribution in [2.75, 3.05) is 5.32 Å². The Hall–Kier alpha value is -3.24. The van der Waals surface area contributed by atoms with Crippen molar-refractivity contribution in [3.05, 3.63) is 59.7 Å². The number of alkyl halides is 4. The summed E-state index contributed by atoms with van der Waals surface area (Å²) in [5, 5.41) is 2.03. The number of carbonyl (C=O) groups is 1. The van der Waals surface area contributed by atoms with E-state index in [1.54, 1.807) is 0 Å². The van der Waals surface area contributed by atoms with E-state index in [-0.39, 0.29) is 0 Å². The highest BCUT2D eigenvalue weighted by Crippen LogP contribution is 2.32. The van der Waals surface area contributed by atoms with Gasteiger partial charge in [-0.2, -0.15) is 22.6 Å². The van der Waals surface area contributed by atoms with Crippen molar-refractivity contribution >= 4 is 17.6 Å². The highest BCUT2D eigenvalue weighted by Gasteiger charge is 2.44. The van der Waals surface area contributed by atoms with E-state index in [1.807, 2.05) is 5.32 Å².